The third kappa shape index (κ3) is 5.45. The summed E-state index contributed by atoms with van der Waals surface area (Å²) in [6.45, 7) is 5.47. The summed E-state index contributed by atoms with van der Waals surface area (Å²) in [5.41, 5.74) is 6.49. The Hall–Kier alpha value is -3.66. The van der Waals surface area contributed by atoms with Crippen LogP contribution in [0, 0.1) is 6.92 Å². The van der Waals surface area contributed by atoms with E-state index in [4.69, 9.17) is 10.5 Å². The minimum absolute atomic E-state index is 0.121. The van der Waals surface area contributed by atoms with Gasteiger partial charge in [-0.05, 0) is 37.0 Å². The van der Waals surface area contributed by atoms with E-state index in [0.29, 0.717) is 11.3 Å². The molecular weight excluding hydrogens is 456 g/mol. The molecule has 34 heavy (non-hydrogen) atoms. The van der Waals surface area contributed by atoms with Gasteiger partial charge in [0.25, 0.3) is 11.5 Å². The highest BCUT2D eigenvalue weighted by Crippen LogP contribution is 2.23. The van der Waals surface area contributed by atoms with Gasteiger partial charge in [0.1, 0.15) is 10.7 Å². The molecule has 1 amide bonds. The number of benzene rings is 1. The van der Waals surface area contributed by atoms with Crippen LogP contribution in [0.25, 0.3) is 0 Å². The normalized spacial score (nSPS) is 10.8. The van der Waals surface area contributed by atoms with E-state index < -0.39 is 29.7 Å². The Kier molecular flexibility index (Phi) is 8.06. The van der Waals surface area contributed by atoms with Gasteiger partial charge in [-0.1, -0.05) is 44.2 Å². The molecule has 0 radical (unpaired) electrons. The predicted octanol–water partition coefficient (Wildman–Crippen LogP) is 2.70. The number of nitrogen functional groups attached to an aromatic ring is 1. The van der Waals surface area contributed by atoms with Crippen molar-refractivity contribution in [2.45, 2.75) is 40.2 Å². The number of aryl methyl sites for hydroxylation is 2. The average molecular weight is 485 g/mol. The second kappa shape index (κ2) is 11.0. The summed E-state index contributed by atoms with van der Waals surface area (Å²) in [5, 5.41) is 0. The summed E-state index contributed by atoms with van der Waals surface area (Å²) in [7, 11) is 0. The molecule has 3 rings (SSSR count). The number of hydrogen-bond donors (Lipinski definition) is 2. The predicted molar refractivity (Wildman–Crippen MR) is 133 cm³/mol. The fourth-order valence-electron chi connectivity index (χ4n) is 3.59. The zero-order valence-electron chi connectivity index (χ0n) is 19.4. The first-order valence-corrected chi connectivity index (χ1v) is 11.8. The molecule has 0 spiro atoms. The molecule has 0 unspecified atom stereocenters. The smallest absolute Gasteiger partial charge is 0.348 e. The van der Waals surface area contributed by atoms with Crippen LogP contribution in [0.4, 0.5) is 11.5 Å². The van der Waals surface area contributed by atoms with Crippen molar-refractivity contribution < 1.29 is 14.3 Å². The topological polar surface area (TPSA) is 127 Å². The summed E-state index contributed by atoms with van der Waals surface area (Å²) in [6.07, 6.45) is 1.31. The van der Waals surface area contributed by atoms with Gasteiger partial charge in [-0.2, -0.15) is 0 Å². The van der Waals surface area contributed by atoms with Crippen molar-refractivity contribution in [2.24, 2.45) is 0 Å². The molecule has 2 aromatic heterocycles. The minimum atomic E-state index is -0.776. The molecule has 0 saturated heterocycles. The molecule has 3 aromatic rings. The van der Waals surface area contributed by atoms with Crippen molar-refractivity contribution in [3.8, 4) is 0 Å². The second-order valence-electron chi connectivity index (χ2n) is 7.73. The van der Waals surface area contributed by atoms with Gasteiger partial charge >= 0.3 is 11.7 Å². The standard InChI is InChI=1S/C24H28N4O5S/c1-4-11-27(19(29)14-33-23(31)18-12-17(5-2)15(3)34-18)20-21(25)28(24(32)26-22(20)30)13-16-9-7-6-8-10-16/h6-10,12H,4-5,11,13-14,25H2,1-3H3,(H,26,30,32). The molecule has 10 heteroatoms. The first-order valence-electron chi connectivity index (χ1n) is 11.0. The largest absolute Gasteiger partial charge is 0.451 e. The summed E-state index contributed by atoms with van der Waals surface area (Å²) in [5.74, 6) is -1.35. The van der Waals surface area contributed by atoms with E-state index in [2.05, 4.69) is 4.98 Å². The fraction of sp³-hybridized carbons (Fsp3) is 0.333. The number of nitrogens with zero attached hydrogens (tertiary/aromatic N) is 2. The fourth-order valence-corrected chi connectivity index (χ4v) is 4.60. The van der Waals surface area contributed by atoms with Crippen molar-refractivity contribution in [3.63, 3.8) is 0 Å². The van der Waals surface area contributed by atoms with Gasteiger partial charge in [-0.25, -0.2) is 9.59 Å². The number of H-pyrrole nitrogens is 1. The number of hydrogen-bond acceptors (Lipinski definition) is 7. The van der Waals surface area contributed by atoms with Gasteiger partial charge in [0, 0.05) is 11.4 Å². The maximum atomic E-state index is 13.0. The molecule has 2 heterocycles. The van der Waals surface area contributed by atoms with Gasteiger partial charge in [-0.3, -0.25) is 19.1 Å². The summed E-state index contributed by atoms with van der Waals surface area (Å²) >= 11 is 1.31. The zero-order valence-corrected chi connectivity index (χ0v) is 20.2. The van der Waals surface area contributed by atoms with E-state index in [-0.39, 0.29) is 24.6 Å². The van der Waals surface area contributed by atoms with Gasteiger partial charge < -0.3 is 15.4 Å². The van der Waals surface area contributed by atoms with Crippen molar-refractivity contribution in [1.82, 2.24) is 9.55 Å². The highest BCUT2D eigenvalue weighted by molar-refractivity contribution is 7.14. The quantitative estimate of drug-likeness (QED) is 0.450. The lowest BCUT2D eigenvalue weighted by Gasteiger charge is -2.24. The molecule has 0 aliphatic rings. The van der Waals surface area contributed by atoms with Crippen LogP contribution in [-0.2, 0) is 22.5 Å². The van der Waals surface area contributed by atoms with Crippen LogP contribution in [0.15, 0.2) is 46.0 Å². The SMILES string of the molecule is CCCN(C(=O)COC(=O)c1cc(CC)c(C)s1)c1c(N)n(Cc2ccccc2)c(=O)[nH]c1=O. The van der Waals surface area contributed by atoms with E-state index in [0.717, 1.165) is 22.4 Å². The lowest BCUT2D eigenvalue weighted by molar-refractivity contribution is -0.121. The Morgan fingerprint density at radius 1 is 1.18 bits per heavy atom. The molecule has 1 aromatic carbocycles. The Bertz CT molecular complexity index is 1290. The van der Waals surface area contributed by atoms with Crippen LogP contribution in [0.5, 0.6) is 0 Å². The van der Waals surface area contributed by atoms with E-state index in [1.807, 2.05) is 51.1 Å². The first kappa shape index (κ1) is 25.0. The molecule has 0 aliphatic heterocycles. The molecule has 9 nitrogen and oxygen atoms in total. The van der Waals surface area contributed by atoms with Gasteiger partial charge in [0.2, 0.25) is 0 Å². The van der Waals surface area contributed by atoms with E-state index in [9.17, 15) is 19.2 Å². The van der Waals surface area contributed by atoms with Crippen molar-refractivity contribution in [2.75, 3.05) is 23.8 Å². The zero-order chi connectivity index (χ0) is 24.8. The lowest BCUT2D eigenvalue weighted by Crippen LogP contribution is -2.43. The molecule has 180 valence electrons. The molecule has 0 bridgehead atoms. The van der Waals surface area contributed by atoms with Gasteiger partial charge in [0.15, 0.2) is 12.3 Å². The van der Waals surface area contributed by atoms with Crippen LogP contribution in [0.2, 0.25) is 0 Å². The molecule has 0 fully saturated rings. The number of rotatable bonds is 9. The van der Waals surface area contributed by atoms with Gasteiger partial charge in [0.05, 0.1) is 6.54 Å². The number of amides is 1. The van der Waals surface area contributed by atoms with Crippen molar-refractivity contribution in [3.05, 3.63) is 78.1 Å². The highest BCUT2D eigenvalue weighted by atomic mass is 32.1. The third-order valence-corrected chi connectivity index (χ3v) is 6.42. The van der Waals surface area contributed by atoms with Crippen molar-refractivity contribution >= 4 is 34.7 Å². The number of ether oxygens (including phenoxy) is 1. The Morgan fingerprint density at radius 3 is 2.50 bits per heavy atom. The van der Waals surface area contributed by atoms with Crippen LogP contribution < -0.4 is 21.9 Å². The maximum absolute atomic E-state index is 13.0. The van der Waals surface area contributed by atoms with Gasteiger partial charge in [-0.15, -0.1) is 11.3 Å². The Morgan fingerprint density at radius 2 is 1.88 bits per heavy atom. The number of anilines is 2. The number of nitrogens with one attached hydrogen (secondary N) is 1. The molecule has 3 N–H and O–H groups in total. The van der Waals surface area contributed by atoms with Crippen LogP contribution in [0.3, 0.4) is 0 Å². The number of nitrogens with two attached hydrogens (primary N) is 1. The first-order chi connectivity index (χ1) is 16.3. The van der Waals surface area contributed by atoms with E-state index in [1.54, 1.807) is 6.07 Å². The molecule has 0 aliphatic carbocycles. The lowest BCUT2D eigenvalue weighted by atomic mass is 10.2. The van der Waals surface area contributed by atoms with Crippen molar-refractivity contribution in [1.29, 1.82) is 0 Å². The Balaban J connectivity index is 1.86. The number of esters is 1. The number of carbonyl (C=O) groups excluding carboxylic acids is 2. The number of aromatic amines is 1. The minimum Gasteiger partial charge on any atom is -0.451 e. The number of thiophene rings is 1. The average Bonchev–Trinajstić information content (AvgIpc) is 3.20. The monoisotopic (exact) mass is 484 g/mol. The molecule has 0 atom stereocenters. The third-order valence-electron chi connectivity index (χ3n) is 5.35. The second-order valence-corrected chi connectivity index (χ2v) is 8.99. The maximum Gasteiger partial charge on any atom is 0.348 e. The van der Waals surface area contributed by atoms with E-state index in [1.165, 1.54) is 20.8 Å². The summed E-state index contributed by atoms with van der Waals surface area (Å²) in [6, 6.07) is 10.9. The summed E-state index contributed by atoms with van der Waals surface area (Å²) in [4.78, 5) is 55.4. The summed E-state index contributed by atoms with van der Waals surface area (Å²) < 4.78 is 6.44. The van der Waals surface area contributed by atoms with Crippen LogP contribution in [0.1, 0.15) is 45.9 Å². The Labute approximate surface area is 200 Å². The number of aromatic nitrogens is 2. The number of carbonyl (C=O) groups is 2. The molecule has 0 saturated carbocycles. The van der Waals surface area contributed by atoms with E-state index >= 15 is 0 Å². The highest BCUT2D eigenvalue weighted by Gasteiger charge is 2.25. The van der Waals surface area contributed by atoms with Crippen LogP contribution >= 0.6 is 11.3 Å². The van der Waals surface area contributed by atoms with Crippen LogP contribution in [-0.4, -0.2) is 34.6 Å². The molecular formula is C24H28N4O5S.